The number of rotatable bonds is 17. The molecule has 10 aromatic carbocycles. The first-order valence-corrected chi connectivity index (χ1v) is 26.8. The third-order valence-corrected chi connectivity index (χ3v) is 14.7. The van der Waals surface area contributed by atoms with E-state index in [-0.39, 0.29) is 39.1 Å². The number of aliphatic hydroxyl groups excluding tert-OH is 2. The van der Waals surface area contributed by atoms with Crippen molar-refractivity contribution in [1.82, 2.24) is 19.6 Å². The van der Waals surface area contributed by atoms with Crippen LogP contribution in [0.1, 0.15) is 34.8 Å². The van der Waals surface area contributed by atoms with Gasteiger partial charge in [-0.15, -0.1) is 0 Å². The molecule has 0 aliphatic rings. The zero-order valence-corrected chi connectivity index (χ0v) is 44.4. The zero-order chi connectivity index (χ0) is 56.6. The molecule has 12 nitrogen and oxygen atoms in total. The van der Waals surface area contributed by atoms with Gasteiger partial charge in [-0.2, -0.15) is 10.2 Å². The SMILES string of the molecule is Nc1ccc2c(c1)c(-c1ccc(F)c(NCCO)c1)nn2C(c1ccccc1)(c1ccccc1)c1ccccc1.O=[N+]([O-])c1ccc2c(c1)c(-c1ccc(F)c(NCCO)c1)nn2C(c1ccccc1)(c1ccccc1)c1ccccc1.[HH]. The van der Waals surface area contributed by atoms with E-state index in [9.17, 15) is 29.1 Å². The van der Waals surface area contributed by atoms with E-state index in [1.165, 1.54) is 24.3 Å². The summed E-state index contributed by atoms with van der Waals surface area (Å²) in [4.78, 5) is 11.4. The molecule has 0 atom stereocenters. The topological polar surface area (TPSA) is 169 Å². The Morgan fingerprint density at radius 2 is 0.793 bits per heavy atom. The van der Waals surface area contributed by atoms with Gasteiger partial charge in [-0.3, -0.25) is 10.1 Å². The quantitative estimate of drug-likeness (QED) is 0.0258. The van der Waals surface area contributed by atoms with Crippen molar-refractivity contribution in [2.75, 3.05) is 42.7 Å². The molecule has 14 heteroatoms. The molecule has 12 aromatic rings. The average Bonchev–Trinajstić information content (AvgIpc) is 2.89. The molecule has 0 spiro atoms. The molecule has 12 rings (SSSR count). The third-order valence-electron chi connectivity index (χ3n) is 14.7. The van der Waals surface area contributed by atoms with Gasteiger partial charge in [0.1, 0.15) is 34.1 Å². The Hall–Kier alpha value is -10.3. The fourth-order valence-electron chi connectivity index (χ4n) is 11.1. The standard InChI is InChI=1S/C34H27FN4O3.C34H29FN4O.H2/c35-30-18-16-24(22-31(30)36-20-21-40)33-29-23-28(39(41)42)17-19-32(29)38(37-33)34(25-10-4-1-5-11-25,26-12-6-2-7-13-26)27-14-8-3-9-15-27;35-30-18-16-24(22-31(30)37-20-21-40)33-29-23-28(36)17-19-32(29)39(38-33)34(25-10-4-1-5-11-25,26-12-6-2-7-13-26)27-14-8-3-9-15-27;/h1-19,22-23,36,40H,20-21H2;1-19,22-23,37,40H,20-21,36H2;1H. The highest BCUT2D eigenvalue weighted by molar-refractivity contribution is 5.97. The van der Waals surface area contributed by atoms with Crippen molar-refractivity contribution in [2.45, 2.75) is 11.1 Å². The molecule has 0 saturated carbocycles. The van der Waals surface area contributed by atoms with E-state index < -0.39 is 27.6 Å². The molecular weight excluding hydrogens is 1030 g/mol. The molecule has 0 fully saturated rings. The van der Waals surface area contributed by atoms with E-state index in [2.05, 4.69) is 51.7 Å². The number of benzene rings is 10. The first kappa shape index (κ1) is 53.7. The molecule has 0 aliphatic carbocycles. The molecule has 0 bridgehead atoms. The number of aromatic nitrogens is 4. The molecule has 0 saturated heterocycles. The lowest BCUT2D eigenvalue weighted by atomic mass is 9.77. The number of aliphatic hydroxyl groups is 2. The summed E-state index contributed by atoms with van der Waals surface area (Å²) < 4.78 is 33.3. The van der Waals surface area contributed by atoms with Crippen LogP contribution in [-0.4, -0.2) is 61.0 Å². The highest BCUT2D eigenvalue weighted by Gasteiger charge is 2.43. The van der Waals surface area contributed by atoms with E-state index in [1.807, 2.05) is 168 Å². The number of anilines is 3. The zero-order valence-electron chi connectivity index (χ0n) is 44.4. The van der Waals surface area contributed by atoms with Crippen LogP contribution in [0.25, 0.3) is 44.3 Å². The highest BCUT2D eigenvalue weighted by Crippen LogP contribution is 2.47. The van der Waals surface area contributed by atoms with Crippen LogP contribution >= 0.6 is 0 Å². The number of non-ortho nitro benzene ring substituents is 1. The number of fused-ring (bicyclic) bond motifs is 2. The summed E-state index contributed by atoms with van der Waals surface area (Å²) in [6, 6.07) is 81.0. The van der Waals surface area contributed by atoms with Crippen molar-refractivity contribution in [3.63, 3.8) is 0 Å². The van der Waals surface area contributed by atoms with E-state index in [0.29, 0.717) is 39.2 Å². The van der Waals surface area contributed by atoms with Crippen LogP contribution in [0.4, 0.5) is 31.5 Å². The minimum absolute atomic E-state index is 0. The smallest absolute Gasteiger partial charge is 0.270 e. The summed E-state index contributed by atoms with van der Waals surface area (Å²) in [5, 5.41) is 48.2. The lowest BCUT2D eigenvalue weighted by molar-refractivity contribution is -0.384. The maximum atomic E-state index is 14.7. The highest BCUT2D eigenvalue weighted by atomic mass is 19.1. The largest absolute Gasteiger partial charge is 0.399 e. The second-order valence-corrected chi connectivity index (χ2v) is 19.6. The fraction of sp³-hybridized carbons (Fsp3) is 0.0882. The van der Waals surface area contributed by atoms with Crippen LogP contribution in [0.2, 0.25) is 0 Å². The Labute approximate surface area is 473 Å². The Kier molecular flexibility index (Phi) is 15.5. The molecule has 6 N–H and O–H groups in total. The molecule has 2 aromatic heterocycles. The Balaban J connectivity index is 0.000000183. The van der Waals surface area contributed by atoms with Crippen molar-refractivity contribution in [1.29, 1.82) is 0 Å². The van der Waals surface area contributed by atoms with Gasteiger partial charge in [0.25, 0.3) is 5.69 Å². The Bertz CT molecular complexity index is 3970. The molecule has 2 heterocycles. The first-order chi connectivity index (χ1) is 40.2. The number of nitrogen functional groups attached to an aromatic ring is 1. The lowest BCUT2D eigenvalue weighted by Crippen LogP contribution is -2.38. The maximum absolute atomic E-state index is 14.7. The Morgan fingerprint density at radius 3 is 1.12 bits per heavy atom. The van der Waals surface area contributed by atoms with Crippen molar-refractivity contribution in [2.24, 2.45) is 0 Å². The van der Waals surface area contributed by atoms with Gasteiger partial charge in [0.15, 0.2) is 0 Å². The average molecular weight is 1090 g/mol. The van der Waals surface area contributed by atoms with Gasteiger partial charge in [0.2, 0.25) is 0 Å². The molecule has 82 heavy (non-hydrogen) atoms. The van der Waals surface area contributed by atoms with Crippen LogP contribution in [0.3, 0.4) is 0 Å². The van der Waals surface area contributed by atoms with Gasteiger partial charge in [-0.05, 0) is 94.0 Å². The van der Waals surface area contributed by atoms with Crippen molar-refractivity contribution in [3.8, 4) is 22.5 Å². The predicted molar refractivity (Wildman–Crippen MR) is 324 cm³/mol. The van der Waals surface area contributed by atoms with E-state index >= 15 is 0 Å². The van der Waals surface area contributed by atoms with Crippen LogP contribution < -0.4 is 16.4 Å². The number of nitrogens with zero attached hydrogens (tertiary/aromatic N) is 5. The van der Waals surface area contributed by atoms with Gasteiger partial charge in [-0.25, -0.2) is 18.1 Å². The van der Waals surface area contributed by atoms with E-state index in [1.54, 1.807) is 30.3 Å². The second-order valence-electron chi connectivity index (χ2n) is 19.6. The number of nitrogens with one attached hydrogen (secondary N) is 2. The van der Waals surface area contributed by atoms with Crippen LogP contribution in [0, 0.1) is 21.7 Å². The first-order valence-electron chi connectivity index (χ1n) is 26.8. The molecule has 0 amide bonds. The van der Waals surface area contributed by atoms with Crippen LogP contribution in [-0.2, 0) is 11.1 Å². The third kappa shape index (κ3) is 9.97. The summed E-state index contributed by atoms with van der Waals surface area (Å²) in [5.74, 6) is -0.873. The fourth-order valence-corrected chi connectivity index (χ4v) is 11.1. The van der Waals surface area contributed by atoms with Crippen molar-refractivity contribution >= 4 is 44.6 Å². The normalized spacial score (nSPS) is 11.5. The maximum Gasteiger partial charge on any atom is 0.270 e. The van der Waals surface area contributed by atoms with Crippen molar-refractivity contribution in [3.05, 3.63) is 310 Å². The summed E-state index contributed by atoms with van der Waals surface area (Å²) in [7, 11) is 0. The molecule has 0 aliphatic heterocycles. The number of hydrogen-bond donors (Lipinski definition) is 5. The van der Waals surface area contributed by atoms with E-state index in [4.69, 9.17) is 15.9 Å². The van der Waals surface area contributed by atoms with E-state index in [0.717, 1.165) is 49.8 Å². The van der Waals surface area contributed by atoms with Crippen LogP contribution in [0.15, 0.2) is 255 Å². The van der Waals surface area contributed by atoms with Gasteiger partial charge in [0, 0.05) is 54.2 Å². The number of nitrogens with two attached hydrogens (primary N) is 1. The molecule has 0 radical (unpaired) electrons. The summed E-state index contributed by atoms with van der Waals surface area (Å²) in [6.45, 7) is 0.133. The summed E-state index contributed by atoms with van der Waals surface area (Å²) in [5.41, 5.74) is 15.5. The second kappa shape index (κ2) is 23.6. The minimum Gasteiger partial charge on any atom is -0.399 e. The minimum atomic E-state index is -0.964. The molecular formula is C68H58F2N8O4. The number of nitro benzene ring substituents is 1. The number of halogens is 2. The van der Waals surface area contributed by atoms with Gasteiger partial charge < -0.3 is 26.6 Å². The monoisotopic (exact) mass is 1090 g/mol. The molecule has 0 unspecified atom stereocenters. The Morgan fingerprint density at radius 1 is 0.463 bits per heavy atom. The van der Waals surface area contributed by atoms with Crippen molar-refractivity contribution < 1.29 is 25.3 Å². The van der Waals surface area contributed by atoms with Gasteiger partial charge >= 0.3 is 0 Å². The summed E-state index contributed by atoms with van der Waals surface area (Å²) >= 11 is 0. The molecule has 408 valence electrons. The lowest BCUT2D eigenvalue weighted by Gasteiger charge is -2.37. The predicted octanol–water partition coefficient (Wildman–Crippen LogP) is 13.9. The van der Waals surface area contributed by atoms with Gasteiger partial charge in [-0.1, -0.05) is 182 Å². The van der Waals surface area contributed by atoms with Crippen LogP contribution in [0.5, 0.6) is 0 Å². The number of nitro groups is 1. The van der Waals surface area contributed by atoms with Gasteiger partial charge in [0.05, 0.1) is 40.5 Å². The summed E-state index contributed by atoms with van der Waals surface area (Å²) in [6.07, 6.45) is 0. The number of hydrogen-bond acceptors (Lipinski definition) is 9.